The minimum absolute atomic E-state index is 0.162. The second-order valence-electron chi connectivity index (χ2n) is 3.08. The van der Waals surface area contributed by atoms with Crippen LogP contribution in [-0.4, -0.2) is 17.6 Å². The van der Waals surface area contributed by atoms with E-state index in [9.17, 15) is 4.79 Å². The maximum atomic E-state index is 11.1. The zero-order valence-electron chi connectivity index (χ0n) is 8.31. The molecule has 1 N–H and O–H groups in total. The average molecular weight is 181 g/mol. The van der Waals surface area contributed by atoms with Crippen LogP contribution in [-0.2, 0) is 16.0 Å². The van der Waals surface area contributed by atoms with E-state index >= 15 is 0 Å². The minimum atomic E-state index is -0.162. The number of rotatable bonds is 3. The summed E-state index contributed by atoms with van der Waals surface area (Å²) in [5, 5.41) is 0. The van der Waals surface area contributed by atoms with Crippen LogP contribution in [0.1, 0.15) is 23.9 Å². The second-order valence-corrected chi connectivity index (χ2v) is 3.08. The predicted octanol–water partition coefficient (Wildman–Crippen LogP) is 1.74. The summed E-state index contributed by atoms with van der Waals surface area (Å²) < 4.78 is 4.86. The highest BCUT2D eigenvalue weighted by molar-refractivity contribution is 5.72. The molecule has 0 saturated carbocycles. The molecule has 3 nitrogen and oxygen atoms in total. The Morgan fingerprint density at radius 1 is 1.54 bits per heavy atom. The molecular formula is C10H15NO2. The van der Waals surface area contributed by atoms with Gasteiger partial charge in [-0.1, -0.05) is 0 Å². The monoisotopic (exact) mass is 181 g/mol. The van der Waals surface area contributed by atoms with Gasteiger partial charge in [-0.05, 0) is 32.4 Å². The fourth-order valence-electron chi connectivity index (χ4n) is 1.33. The third kappa shape index (κ3) is 2.61. The number of hydrogen-bond donors (Lipinski definition) is 1. The maximum absolute atomic E-state index is 11.1. The SMILES string of the molecule is CCOC(=O)Cc1cc(C)[nH]c1C. The first-order valence-electron chi connectivity index (χ1n) is 4.44. The Balaban J connectivity index is 2.63. The largest absolute Gasteiger partial charge is 0.466 e. The van der Waals surface area contributed by atoms with Crippen molar-refractivity contribution in [2.24, 2.45) is 0 Å². The molecule has 0 fully saturated rings. The molecule has 0 radical (unpaired) electrons. The average Bonchev–Trinajstić information content (AvgIpc) is 2.30. The fourth-order valence-corrected chi connectivity index (χ4v) is 1.33. The van der Waals surface area contributed by atoms with Gasteiger partial charge in [0.05, 0.1) is 13.0 Å². The summed E-state index contributed by atoms with van der Waals surface area (Å²) in [7, 11) is 0. The molecule has 0 unspecified atom stereocenters. The van der Waals surface area contributed by atoms with E-state index in [0.717, 1.165) is 17.0 Å². The number of hydrogen-bond acceptors (Lipinski definition) is 2. The molecule has 0 bridgehead atoms. The predicted molar refractivity (Wildman–Crippen MR) is 50.6 cm³/mol. The van der Waals surface area contributed by atoms with Crippen molar-refractivity contribution in [2.45, 2.75) is 27.2 Å². The normalized spacial score (nSPS) is 10.1. The third-order valence-corrected chi connectivity index (χ3v) is 1.90. The molecule has 0 aliphatic heterocycles. The van der Waals surface area contributed by atoms with Gasteiger partial charge in [0.15, 0.2) is 0 Å². The Bertz CT molecular complexity index is 302. The van der Waals surface area contributed by atoms with Crippen LogP contribution in [0.25, 0.3) is 0 Å². The van der Waals surface area contributed by atoms with E-state index < -0.39 is 0 Å². The van der Waals surface area contributed by atoms with Gasteiger partial charge in [0.1, 0.15) is 0 Å². The lowest BCUT2D eigenvalue weighted by molar-refractivity contribution is -0.142. The highest BCUT2D eigenvalue weighted by Crippen LogP contribution is 2.10. The van der Waals surface area contributed by atoms with Crippen LogP contribution in [0.5, 0.6) is 0 Å². The fraction of sp³-hybridized carbons (Fsp3) is 0.500. The number of ether oxygens (including phenoxy) is 1. The van der Waals surface area contributed by atoms with Gasteiger partial charge in [-0.3, -0.25) is 4.79 Å². The molecule has 0 aromatic carbocycles. The summed E-state index contributed by atoms with van der Waals surface area (Å²) in [6.07, 6.45) is 0.365. The van der Waals surface area contributed by atoms with Gasteiger partial charge in [-0.25, -0.2) is 0 Å². The molecule has 1 aromatic heterocycles. The number of aromatic nitrogens is 1. The summed E-state index contributed by atoms with van der Waals surface area (Å²) >= 11 is 0. The molecule has 3 heteroatoms. The lowest BCUT2D eigenvalue weighted by Gasteiger charge is -2.00. The first kappa shape index (κ1) is 9.84. The van der Waals surface area contributed by atoms with Crippen molar-refractivity contribution < 1.29 is 9.53 Å². The van der Waals surface area contributed by atoms with E-state index in [1.807, 2.05) is 26.8 Å². The molecule has 13 heavy (non-hydrogen) atoms. The molecule has 0 atom stereocenters. The standard InChI is InChI=1S/C10H15NO2/c1-4-13-10(12)6-9-5-7(2)11-8(9)3/h5,11H,4,6H2,1-3H3. The van der Waals surface area contributed by atoms with Gasteiger partial charge in [0.2, 0.25) is 0 Å². The maximum Gasteiger partial charge on any atom is 0.310 e. The zero-order chi connectivity index (χ0) is 9.84. The molecule has 0 aliphatic rings. The Hall–Kier alpha value is -1.25. The lowest BCUT2D eigenvalue weighted by Crippen LogP contribution is -2.07. The van der Waals surface area contributed by atoms with E-state index in [4.69, 9.17) is 4.74 Å². The zero-order valence-corrected chi connectivity index (χ0v) is 8.31. The molecular weight excluding hydrogens is 166 g/mol. The summed E-state index contributed by atoms with van der Waals surface area (Å²) in [4.78, 5) is 14.3. The molecule has 1 aromatic rings. The third-order valence-electron chi connectivity index (χ3n) is 1.90. The summed E-state index contributed by atoms with van der Waals surface area (Å²) in [5.41, 5.74) is 3.15. The lowest BCUT2D eigenvalue weighted by atomic mass is 10.2. The molecule has 72 valence electrons. The van der Waals surface area contributed by atoms with Crippen LogP contribution in [0, 0.1) is 13.8 Å². The van der Waals surface area contributed by atoms with Gasteiger partial charge in [0, 0.05) is 11.4 Å². The van der Waals surface area contributed by atoms with Gasteiger partial charge in [-0.15, -0.1) is 0 Å². The van der Waals surface area contributed by atoms with Crippen molar-refractivity contribution in [1.82, 2.24) is 4.98 Å². The summed E-state index contributed by atoms with van der Waals surface area (Å²) in [6, 6.07) is 1.98. The number of esters is 1. The highest BCUT2D eigenvalue weighted by Gasteiger charge is 2.08. The van der Waals surface area contributed by atoms with Crippen molar-refractivity contribution in [3.63, 3.8) is 0 Å². The van der Waals surface area contributed by atoms with Crippen LogP contribution >= 0.6 is 0 Å². The van der Waals surface area contributed by atoms with Crippen molar-refractivity contribution in [3.05, 3.63) is 23.0 Å². The summed E-state index contributed by atoms with van der Waals surface area (Å²) in [5.74, 6) is -0.162. The number of carbonyl (C=O) groups excluding carboxylic acids is 1. The Kier molecular flexibility index (Phi) is 3.12. The smallest absolute Gasteiger partial charge is 0.310 e. The molecule has 1 heterocycles. The van der Waals surface area contributed by atoms with Crippen molar-refractivity contribution in [2.75, 3.05) is 6.61 Å². The Labute approximate surface area is 78.1 Å². The minimum Gasteiger partial charge on any atom is -0.466 e. The first-order chi connectivity index (χ1) is 6.13. The quantitative estimate of drug-likeness (QED) is 0.722. The van der Waals surface area contributed by atoms with Gasteiger partial charge in [0.25, 0.3) is 0 Å². The van der Waals surface area contributed by atoms with E-state index in [1.54, 1.807) is 0 Å². The molecule has 1 rings (SSSR count). The van der Waals surface area contributed by atoms with E-state index in [1.165, 1.54) is 0 Å². The second kappa shape index (κ2) is 4.12. The van der Waals surface area contributed by atoms with Crippen LogP contribution in [0.2, 0.25) is 0 Å². The number of aryl methyl sites for hydroxylation is 2. The van der Waals surface area contributed by atoms with Crippen LogP contribution in [0.3, 0.4) is 0 Å². The number of aromatic amines is 1. The van der Waals surface area contributed by atoms with Gasteiger partial charge >= 0.3 is 5.97 Å². The number of carbonyl (C=O) groups is 1. The molecule has 0 spiro atoms. The number of nitrogens with one attached hydrogen (secondary N) is 1. The van der Waals surface area contributed by atoms with Crippen LogP contribution in [0.15, 0.2) is 6.07 Å². The Morgan fingerprint density at radius 3 is 2.69 bits per heavy atom. The summed E-state index contributed by atoms with van der Waals surface area (Å²) in [6.45, 7) is 6.19. The topological polar surface area (TPSA) is 42.1 Å². The first-order valence-corrected chi connectivity index (χ1v) is 4.44. The number of H-pyrrole nitrogens is 1. The van der Waals surface area contributed by atoms with E-state index in [-0.39, 0.29) is 5.97 Å². The van der Waals surface area contributed by atoms with E-state index in [2.05, 4.69) is 4.98 Å². The molecule has 0 saturated heterocycles. The van der Waals surface area contributed by atoms with E-state index in [0.29, 0.717) is 13.0 Å². The van der Waals surface area contributed by atoms with Crippen LogP contribution in [0.4, 0.5) is 0 Å². The molecule has 0 amide bonds. The van der Waals surface area contributed by atoms with Gasteiger partial charge in [-0.2, -0.15) is 0 Å². The Morgan fingerprint density at radius 2 is 2.23 bits per heavy atom. The van der Waals surface area contributed by atoms with Crippen molar-refractivity contribution in [3.8, 4) is 0 Å². The van der Waals surface area contributed by atoms with Crippen molar-refractivity contribution >= 4 is 5.97 Å². The van der Waals surface area contributed by atoms with Crippen molar-refractivity contribution in [1.29, 1.82) is 0 Å². The highest BCUT2D eigenvalue weighted by atomic mass is 16.5. The molecule has 0 aliphatic carbocycles. The van der Waals surface area contributed by atoms with Crippen LogP contribution < -0.4 is 0 Å². The van der Waals surface area contributed by atoms with Gasteiger partial charge < -0.3 is 9.72 Å².